The summed E-state index contributed by atoms with van der Waals surface area (Å²) in [7, 11) is 0. The molecule has 0 aliphatic heterocycles. The van der Waals surface area contributed by atoms with E-state index in [9.17, 15) is 4.79 Å². The molecule has 1 aromatic carbocycles. The number of rotatable bonds is 8. The Labute approximate surface area is 118 Å². The van der Waals surface area contributed by atoms with Crippen LogP contribution in [0, 0.1) is 0 Å². The van der Waals surface area contributed by atoms with Crippen molar-refractivity contribution in [1.29, 1.82) is 0 Å². The van der Waals surface area contributed by atoms with Gasteiger partial charge in [0.1, 0.15) is 5.84 Å². The van der Waals surface area contributed by atoms with E-state index in [0.717, 1.165) is 12.0 Å². The predicted molar refractivity (Wildman–Crippen MR) is 77.9 cm³/mol. The Morgan fingerprint density at radius 3 is 2.65 bits per heavy atom. The van der Waals surface area contributed by atoms with E-state index >= 15 is 0 Å². The number of benzene rings is 1. The molecule has 110 valence electrons. The highest BCUT2D eigenvalue weighted by Gasteiger charge is 2.03. The highest BCUT2D eigenvalue weighted by Crippen LogP contribution is 2.10. The highest BCUT2D eigenvalue weighted by molar-refractivity contribution is 5.90. The maximum atomic E-state index is 11.6. The molecule has 0 aliphatic carbocycles. The fourth-order valence-corrected chi connectivity index (χ4v) is 1.59. The molecule has 0 fully saturated rings. The Morgan fingerprint density at radius 1 is 1.35 bits per heavy atom. The van der Waals surface area contributed by atoms with Crippen LogP contribution in [0.5, 0.6) is 0 Å². The van der Waals surface area contributed by atoms with Crippen LogP contribution in [0.3, 0.4) is 0 Å². The summed E-state index contributed by atoms with van der Waals surface area (Å²) < 4.78 is 5.25. The molecule has 0 unspecified atom stereocenters. The van der Waals surface area contributed by atoms with Crippen LogP contribution in [0.1, 0.15) is 25.3 Å². The Hall–Kier alpha value is -2.08. The standard InChI is InChI=1S/C14H21N3O3/c1-2-8-20-9-7-14(18)16-12-5-3-11(4-6-12)10-13(15)17-19/h3-6,19H,2,7-10H2,1H3,(H2,15,17)(H,16,18). The van der Waals surface area contributed by atoms with Crippen molar-refractivity contribution in [1.82, 2.24) is 0 Å². The van der Waals surface area contributed by atoms with Crippen molar-refractivity contribution in [3.63, 3.8) is 0 Å². The van der Waals surface area contributed by atoms with Gasteiger partial charge in [-0.15, -0.1) is 0 Å². The lowest BCUT2D eigenvalue weighted by molar-refractivity contribution is -0.117. The van der Waals surface area contributed by atoms with Gasteiger partial charge in [-0.25, -0.2) is 0 Å². The number of anilines is 1. The number of amidine groups is 1. The third kappa shape index (κ3) is 6.19. The summed E-state index contributed by atoms with van der Waals surface area (Å²) in [6, 6.07) is 7.21. The molecule has 0 saturated carbocycles. The van der Waals surface area contributed by atoms with Gasteiger partial charge in [-0.3, -0.25) is 4.79 Å². The molecule has 4 N–H and O–H groups in total. The minimum Gasteiger partial charge on any atom is -0.409 e. The van der Waals surface area contributed by atoms with Gasteiger partial charge in [-0.2, -0.15) is 0 Å². The molecule has 0 aromatic heterocycles. The Balaban J connectivity index is 2.39. The molecule has 6 nitrogen and oxygen atoms in total. The minimum atomic E-state index is -0.0784. The van der Waals surface area contributed by atoms with E-state index in [1.54, 1.807) is 12.1 Å². The third-order valence-electron chi connectivity index (χ3n) is 2.57. The molecule has 0 aliphatic rings. The maximum absolute atomic E-state index is 11.6. The molecule has 0 atom stereocenters. The molecule has 1 aromatic rings. The van der Waals surface area contributed by atoms with Crippen molar-refractivity contribution in [2.75, 3.05) is 18.5 Å². The lowest BCUT2D eigenvalue weighted by atomic mass is 10.1. The number of carbonyl (C=O) groups is 1. The molecule has 1 rings (SSSR count). The fourth-order valence-electron chi connectivity index (χ4n) is 1.59. The average Bonchev–Trinajstić information content (AvgIpc) is 2.45. The first-order valence-corrected chi connectivity index (χ1v) is 6.58. The van der Waals surface area contributed by atoms with Crippen molar-refractivity contribution < 1.29 is 14.7 Å². The van der Waals surface area contributed by atoms with Gasteiger partial charge in [0, 0.05) is 18.7 Å². The fraction of sp³-hybridized carbons (Fsp3) is 0.429. The zero-order valence-electron chi connectivity index (χ0n) is 11.6. The number of nitrogens with zero attached hydrogens (tertiary/aromatic N) is 1. The predicted octanol–water partition coefficient (Wildman–Crippen LogP) is 1.73. The molecular weight excluding hydrogens is 258 g/mol. The van der Waals surface area contributed by atoms with Gasteiger partial charge >= 0.3 is 0 Å². The minimum absolute atomic E-state index is 0.0784. The van der Waals surface area contributed by atoms with E-state index in [4.69, 9.17) is 15.7 Å². The van der Waals surface area contributed by atoms with Gasteiger partial charge in [0.15, 0.2) is 0 Å². The van der Waals surface area contributed by atoms with Crippen LogP contribution in [0.2, 0.25) is 0 Å². The van der Waals surface area contributed by atoms with Crippen LogP contribution >= 0.6 is 0 Å². The summed E-state index contributed by atoms with van der Waals surface area (Å²) in [5.41, 5.74) is 7.04. The Morgan fingerprint density at radius 2 is 2.05 bits per heavy atom. The van der Waals surface area contributed by atoms with Gasteiger partial charge in [-0.05, 0) is 24.1 Å². The quantitative estimate of drug-likeness (QED) is 0.222. The highest BCUT2D eigenvalue weighted by atomic mass is 16.5. The first kappa shape index (κ1) is 16.0. The summed E-state index contributed by atoms with van der Waals surface area (Å²) in [6.45, 7) is 3.13. The number of oxime groups is 1. The van der Waals surface area contributed by atoms with E-state index in [0.29, 0.717) is 31.7 Å². The Bertz CT molecular complexity index is 443. The normalized spacial score (nSPS) is 11.3. The SMILES string of the molecule is CCCOCCC(=O)Nc1ccc(CC(N)=NO)cc1. The van der Waals surface area contributed by atoms with Crippen molar-refractivity contribution in [2.24, 2.45) is 10.9 Å². The van der Waals surface area contributed by atoms with E-state index in [-0.39, 0.29) is 11.7 Å². The zero-order chi connectivity index (χ0) is 14.8. The molecule has 0 saturated heterocycles. The van der Waals surface area contributed by atoms with Gasteiger partial charge in [0.05, 0.1) is 13.0 Å². The van der Waals surface area contributed by atoms with Crippen molar-refractivity contribution in [2.45, 2.75) is 26.2 Å². The summed E-state index contributed by atoms with van der Waals surface area (Å²) >= 11 is 0. The number of nitrogens with two attached hydrogens (primary N) is 1. The van der Waals surface area contributed by atoms with Gasteiger partial charge in [0.25, 0.3) is 0 Å². The van der Waals surface area contributed by atoms with E-state index < -0.39 is 0 Å². The molecule has 1 amide bonds. The molecular formula is C14H21N3O3. The van der Waals surface area contributed by atoms with Crippen molar-refractivity contribution >= 4 is 17.4 Å². The van der Waals surface area contributed by atoms with E-state index in [1.165, 1.54) is 0 Å². The van der Waals surface area contributed by atoms with Gasteiger partial charge < -0.3 is 21.0 Å². The smallest absolute Gasteiger partial charge is 0.226 e. The number of amides is 1. The van der Waals surface area contributed by atoms with Crippen molar-refractivity contribution in [3.8, 4) is 0 Å². The lowest BCUT2D eigenvalue weighted by Crippen LogP contribution is -2.15. The van der Waals surface area contributed by atoms with Crippen LogP contribution < -0.4 is 11.1 Å². The van der Waals surface area contributed by atoms with E-state index in [2.05, 4.69) is 10.5 Å². The number of nitrogens with one attached hydrogen (secondary N) is 1. The van der Waals surface area contributed by atoms with Gasteiger partial charge in [0.2, 0.25) is 5.91 Å². The van der Waals surface area contributed by atoms with Crippen LogP contribution in [0.15, 0.2) is 29.4 Å². The molecule has 20 heavy (non-hydrogen) atoms. The summed E-state index contributed by atoms with van der Waals surface area (Å²) in [6.07, 6.45) is 1.66. The molecule has 0 heterocycles. The van der Waals surface area contributed by atoms with Crippen LogP contribution in [0.25, 0.3) is 0 Å². The molecule has 6 heteroatoms. The van der Waals surface area contributed by atoms with Crippen molar-refractivity contribution in [3.05, 3.63) is 29.8 Å². The van der Waals surface area contributed by atoms with Crippen LogP contribution in [-0.4, -0.2) is 30.2 Å². The number of ether oxygens (including phenoxy) is 1. The third-order valence-corrected chi connectivity index (χ3v) is 2.57. The monoisotopic (exact) mass is 279 g/mol. The lowest BCUT2D eigenvalue weighted by Gasteiger charge is -2.07. The number of carbonyl (C=O) groups excluding carboxylic acids is 1. The largest absolute Gasteiger partial charge is 0.409 e. The molecule has 0 spiro atoms. The summed E-state index contributed by atoms with van der Waals surface area (Å²) in [5.74, 6) is 0.0696. The number of hydrogen-bond acceptors (Lipinski definition) is 4. The first-order valence-electron chi connectivity index (χ1n) is 6.58. The molecule has 0 radical (unpaired) electrons. The van der Waals surface area contributed by atoms with Crippen LogP contribution in [-0.2, 0) is 16.0 Å². The average molecular weight is 279 g/mol. The first-order chi connectivity index (χ1) is 9.65. The summed E-state index contributed by atoms with van der Waals surface area (Å²) in [5, 5.41) is 14.2. The van der Waals surface area contributed by atoms with Crippen LogP contribution in [0.4, 0.5) is 5.69 Å². The zero-order valence-corrected chi connectivity index (χ0v) is 11.6. The van der Waals surface area contributed by atoms with E-state index in [1.807, 2.05) is 19.1 Å². The topological polar surface area (TPSA) is 96.9 Å². The Kier molecular flexibility index (Phi) is 7.13. The second kappa shape index (κ2) is 8.92. The second-order valence-corrected chi connectivity index (χ2v) is 4.38. The maximum Gasteiger partial charge on any atom is 0.226 e. The summed E-state index contributed by atoms with van der Waals surface area (Å²) in [4.78, 5) is 11.6. The number of hydrogen-bond donors (Lipinski definition) is 3. The molecule has 0 bridgehead atoms. The van der Waals surface area contributed by atoms with Gasteiger partial charge in [-0.1, -0.05) is 24.2 Å². The second-order valence-electron chi connectivity index (χ2n) is 4.38.